The lowest BCUT2D eigenvalue weighted by Crippen LogP contribution is -2.38. The van der Waals surface area contributed by atoms with Gasteiger partial charge in [-0.1, -0.05) is 31.5 Å². The molecule has 0 aliphatic carbocycles. The monoisotopic (exact) mass is 356 g/mol. The SMILES string of the molecule is CC(C)C(=O)N1CCCc2cc(NC(=O)c3cccc(Cl)c3)ccc21. The molecular weight excluding hydrogens is 336 g/mol. The number of amides is 2. The van der Waals surface area contributed by atoms with Gasteiger partial charge in [-0.25, -0.2) is 0 Å². The maximum atomic E-state index is 12.4. The van der Waals surface area contributed by atoms with Gasteiger partial charge in [0.2, 0.25) is 5.91 Å². The van der Waals surface area contributed by atoms with Gasteiger partial charge in [0.05, 0.1) is 0 Å². The third kappa shape index (κ3) is 3.85. The Kier molecular flexibility index (Phi) is 5.09. The largest absolute Gasteiger partial charge is 0.322 e. The number of hydrogen-bond acceptors (Lipinski definition) is 2. The predicted molar refractivity (Wildman–Crippen MR) is 101 cm³/mol. The fraction of sp³-hybridized carbons (Fsp3) is 0.300. The standard InChI is InChI=1S/C20H21ClN2O2/c1-13(2)20(25)23-10-4-6-14-12-17(8-9-18(14)23)22-19(24)15-5-3-7-16(21)11-15/h3,5,7-9,11-13H,4,6,10H2,1-2H3,(H,22,24). The van der Waals surface area contributed by atoms with E-state index in [1.165, 1.54) is 0 Å². The van der Waals surface area contributed by atoms with E-state index in [0.717, 1.165) is 36.3 Å². The molecule has 0 radical (unpaired) electrons. The molecule has 0 spiro atoms. The maximum Gasteiger partial charge on any atom is 0.255 e. The molecule has 1 aliphatic rings. The summed E-state index contributed by atoms with van der Waals surface area (Å²) < 4.78 is 0. The summed E-state index contributed by atoms with van der Waals surface area (Å²) in [6.45, 7) is 4.57. The third-order valence-corrected chi connectivity index (χ3v) is 4.54. The van der Waals surface area contributed by atoms with E-state index >= 15 is 0 Å². The van der Waals surface area contributed by atoms with Gasteiger partial charge in [0.25, 0.3) is 5.91 Å². The number of hydrogen-bond donors (Lipinski definition) is 1. The molecule has 25 heavy (non-hydrogen) atoms. The number of carbonyl (C=O) groups excluding carboxylic acids is 2. The van der Waals surface area contributed by atoms with Crippen molar-refractivity contribution < 1.29 is 9.59 Å². The molecule has 0 saturated heterocycles. The minimum atomic E-state index is -0.201. The van der Waals surface area contributed by atoms with E-state index in [9.17, 15) is 9.59 Å². The molecule has 1 heterocycles. The molecule has 130 valence electrons. The van der Waals surface area contributed by atoms with Crippen molar-refractivity contribution in [1.29, 1.82) is 0 Å². The summed E-state index contributed by atoms with van der Waals surface area (Å²) >= 11 is 5.94. The van der Waals surface area contributed by atoms with Gasteiger partial charge in [-0.2, -0.15) is 0 Å². The Hall–Kier alpha value is -2.33. The summed E-state index contributed by atoms with van der Waals surface area (Å²) in [5, 5.41) is 3.43. The Morgan fingerprint density at radius 3 is 2.68 bits per heavy atom. The van der Waals surface area contributed by atoms with Gasteiger partial charge in [0.1, 0.15) is 0 Å². The third-order valence-electron chi connectivity index (χ3n) is 4.30. The van der Waals surface area contributed by atoms with Gasteiger partial charge in [0, 0.05) is 34.4 Å². The van der Waals surface area contributed by atoms with Crippen molar-refractivity contribution >= 4 is 34.8 Å². The van der Waals surface area contributed by atoms with E-state index in [4.69, 9.17) is 11.6 Å². The van der Waals surface area contributed by atoms with Gasteiger partial charge in [-0.15, -0.1) is 0 Å². The molecule has 3 rings (SSSR count). The normalized spacial score (nSPS) is 13.5. The van der Waals surface area contributed by atoms with Crippen molar-refractivity contribution in [3.63, 3.8) is 0 Å². The van der Waals surface area contributed by atoms with Crippen molar-refractivity contribution in [2.24, 2.45) is 5.92 Å². The zero-order chi connectivity index (χ0) is 18.0. The van der Waals surface area contributed by atoms with Crippen LogP contribution < -0.4 is 10.2 Å². The minimum Gasteiger partial charge on any atom is -0.322 e. The van der Waals surface area contributed by atoms with Crippen LogP contribution in [0.15, 0.2) is 42.5 Å². The van der Waals surface area contributed by atoms with Gasteiger partial charge >= 0.3 is 0 Å². The molecule has 0 unspecified atom stereocenters. The van der Waals surface area contributed by atoms with Crippen molar-refractivity contribution in [3.05, 3.63) is 58.6 Å². The predicted octanol–water partition coefficient (Wildman–Crippen LogP) is 4.53. The Morgan fingerprint density at radius 2 is 1.96 bits per heavy atom. The van der Waals surface area contributed by atoms with Crippen LogP contribution in [0.2, 0.25) is 5.02 Å². The number of anilines is 2. The van der Waals surface area contributed by atoms with Gasteiger partial charge in [0.15, 0.2) is 0 Å². The smallest absolute Gasteiger partial charge is 0.255 e. The fourth-order valence-corrected chi connectivity index (χ4v) is 3.24. The van der Waals surface area contributed by atoms with Crippen LogP contribution in [0.5, 0.6) is 0 Å². The van der Waals surface area contributed by atoms with E-state index < -0.39 is 0 Å². The number of rotatable bonds is 3. The highest BCUT2D eigenvalue weighted by Crippen LogP contribution is 2.31. The number of carbonyl (C=O) groups is 2. The van der Waals surface area contributed by atoms with E-state index in [-0.39, 0.29) is 17.7 Å². The summed E-state index contributed by atoms with van der Waals surface area (Å²) in [5.41, 5.74) is 3.28. The molecule has 0 bridgehead atoms. The van der Waals surface area contributed by atoms with Crippen LogP contribution in [0.3, 0.4) is 0 Å². The molecule has 1 N–H and O–H groups in total. The molecule has 0 aromatic heterocycles. The first-order chi connectivity index (χ1) is 12.0. The summed E-state index contributed by atoms with van der Waals surface area (Å²) in [6.07, 6.45) is 1.83. The second-order valence-corrected chi connectivity index (χ2v) is 6.99. The van der Waals surface area contributed by atoms with E-state index in [0.29, 0.717) is 10.6 Å². The van der Waals surface area contributed by atoms with Crippen LogP contribution in [0.25, 0.3) is 0 Å². The van der Waals surface area contributed by atoms with Gasteiger partial charge in [-0.05, 0) is 54.8 Å². The maximum absolute atomic E-state index is 12.4. The van der Waals surface area contributed by atoms with Crippen LogP contribution in [-0.4, -0.2) is 18.4 Å². The molecule has 1 aliphatic heterocycles. The second-order valence-electron chi connectivity index (χ2n) is 6.56. The topological polar surface area (TPSA) is 49.4 Å². The van der Waals surface area contributed by atoms with Crippen LogP contribution in [-0.2, 0) is 11.2 Å². The number of aryl methyl sites for hydroxylation is 1. The highest BCUT2D eigenvalue weighted by Gasteiger charge is 2.24. The number of benzene rings is 2. The molecule has 5 heteroatoms. The van der Waals surface area contributed by atoms with Crippen LogP contribution in [0.1, 0.15) is 36.2 Å². The van der Waals surface area contributed by atoms with E-state index in [2.05, 4.69) is 5.32 Å². The molecule has 0 fully saturated rings. The molecule has 2 aromatic carbocycles. The summed E-state index contributed by atoms with van der Waals surface area (Å²) in [7, 11) is 0. The lowest BCUT2D eigenvalue weighted by Gasteiger charge is -2.31. The number of halogens is 1. The fourth-order valence-electron chi connectivity index (χ4n) is 3.05. The zero-order valence-electron chi connectivity index (χ0n) is 14.4. The highest BCUT2D eigenvalue weighted by atomic mass is 35.5. The van der Waals surface area contributed by atoms with Crippen LogP contribution in [0, 0.1) is 5.92 Å². The highest BCUT2D eigenvalue weighted by molar-refractivity contribution is 6.31. The second kappa shape index (κ2) is 7.28. The average Bonchev–Trinajstić information content (AvgIpc) is 2.60. The van der Waals surface area contributed by atoms with Gasteiger partial charge in [-0.3, -0.25) is 9.59 Å². The lowest BCUT2D eigenvalue weighted by molar-refractivity contribution is -0.121. The molecule has 4 nitrogen and oxygen atoms in total. The number of fused-ring (bicyclic) bond motifs is 1. The summed E-state index contributed by atoms with van der Waals surface area (Å²) in [6, 6.07) is 12.6. The Labute approximate surface area is 152 Å². The van der Waals surface area contributed by atoms with E-state index in [1.54, 1.807) is 24.3 Å². The molecule has 2 aromatic rings. The summed E-state index contributed by atoms with van der Waals surface area (Å²) in [4.78, 5) is 26.6. The number of nitrogens with zero attached hydrogens (tertiary/aromatic N) is 1. The molecule has 0 saturated carbocycles. The van der Waals surface area contributed by atoms with Crippen molar-refractivity contribution in [2.45, 2.75) is 26.7 Å². The van der Waals surface area contributed by atoms with E-state index in [1.807, 2.05) is 36.9 Å². The van der Waals surface area contributed by atoms with Crippen molar-refractivity contribution in [2.75, 3.05) is 16.8 Å². The molecular formula is C20H21ClN2O2. The molecule has 2 amide bonds. The Morgan fingerprint density at radius 1 is 1.16 bits per heavy atom. The summed E-state index contributed by atoms with van der Waals surface area (Å²) in [5.74, 6) is -0.0989. The van der Waals surface area contributed by atoms with Crippen LogP contribution >= 0.6 is 11.6 Å². The minimum absolute atomic E-state index is 0.0341. The van der Waals surface area contributed by atoms with Crippen molar-refractivity contribution in [1.82, 2.24) is 0 Å². The first kappa shape index (κ1) is 17.5. The first-order valence-corrected chi connectivity index (χ1v) is 8.84. The number of nitrogens with one attached hydrogen (secondary N) is 1. The first-order valence-electron chi connectivity index (χ1n) is 8.47. The lowest BCUT2D eigenvalue weighted by atomic mass is 9.99. The van der Waals surface area contributed by atoms with Crippen molar-refractivity contribution in [3.8, 4) is 0 Å². The average molecular weight is 357 g/mol. The zero-order valence-corrected chi connectivity index (χ0v) is 15.1. The quantitative estimate of drug-likeness (QED) is 0.878. The Balaban J connectivity index is 1.81. The van der Waals surface area contributed by atoms with Gasteiger partial charge < -0.3 is 10.2 Å². The molecule has 0 atom stereocenters. The Bertz CT molecular complexity index is 817. The van der Waals surface area contributed by atoms with Crippen LogP contribution in [0.4, 0.5) is 11.4 Å².